The fourth-order valence-electron chi connectivity index (χ4n) is 9.62. The lowest BCUT2D eigenvalue weighted by molar-refractivity contribution is -0.346. The van der Waals surface area contributed by atoms with Crippen molar-refractivity contribution >= 4 is 57.3 Å². The summed E-state index contributed by atoms with van der Waals surface area (Å²) in [5, 5.41) is 39.9. The Morgan fingerprint density at radius 3 is 2.24 bits per heavy atom. The van der Waals surface area contributed by atoms with Crippen molar-refractivity contribution in [2.24, 2.45) is 16.7 Å². The average molecular weight is 920 g/mol. The average Bonchev–Trinajstić information content (AvgIpc) is 3.17. The van der Waals surface area contributed by atoms with Crippen molar-refractivity contribution < 1.29 is 72.5 Å². The third kappa shape index (κ3) is 9.71. The number of nitrogens with one attached hydrogen (secondary N) is 1. The molecule has 1 aromatic carbocycles. The van der Waals surface area contributed by atoms with Crippen LogP contribution in [0.1, 0.15) is 98.9 Å². The predicted octanol–water partition coefficient (Wildman–Crippen LogP) is 4.81. The van der Waals surface area contributed by atoms with Gasteiger partial charge in [-0.3, -0.25) is 14.4 Å². The lowest BCUT2D eigenvalue weighted by Crippen LogP contribution is -2.82. The van der Waals surface area contributed by atoms with Gasteiger partial charge in [-0.1, -0.05) is 65.3 Å². The number of hydrogen-bond acceptors (Lipinski definition) is 17. The third-order valence-electron chi connectivity index (χ3n) is 12.7. The van der Waals surface area contributed by atoms with Crippen LogP contribution in [0.5, 0.6) is 0 Å². The summed E-state index contributed by atoms with van der Waals surface area (Å²) in [7, 11) is 2.82. The Hall–Kier alpha value is -3.94. The van der Waals surface area contributed by atoms with Crippen LogP contribution in [0.2, 0.25) is 0 Å². The molecule has 1 heterocycles. The van der Waals surface area contributed by atoms with Gasteiger partial charge in [-0.25, -0.2) is 14.4 Å². The van der Waals surface area contributed by atoms with Crippen LogP contribution in [0.15, 0.2) is 53.1 Å². The first kappa shape index (κ1) is 50.1. The summed E-state index contributed by atoms with van der Waals surface area (Å²) in [5.41, 5.74) is -7.95. The van der Waals surface area contributed by atoms with E-state index < -0.39 is 118 Å². The summed E-state index contributed by atoms with van der Waals surface area (Å²) in [6.07, 6.45) is -8.31. The van der Waals surface area contributed by atoms with Crippen LogP contribution < -0.4 is 5.32 Å². The SMILES string of the molecule is CSSCCC(=O)O[C@H]1C(=O)[C@]2(C)C(O)C[C@H]3OC[C@@]3(OC(C)=O)C2[C@H](OC(=O)c2ccccc2)[C@]2(O)C[C@H](OC(=O)[C@H](O)[C@H](C=C(C)C)NC(=O)OC(C)(C)C)C(C)=C1C2(C)C. The molecule has 3 fully saturated rings. The molecule has 2 bridgehead atoms. The van der Waals surface area contributed by atoms with Crippen LogP contribution in [0.4, 0.5) is 4.79 Å². The second-order valence-corrected chi connectivity index (χ2v) is 21.3. The number of benzene rings is 1. The van der Waals surface area contributed by atoms with Crippen molar-refractivity contribution in [3.05, 3.63) is 58.7 Å². The van der Waals surface area contributed by atoms with Gasteiger partial charge in [0.25, 0.3) is 0 Å². The molecule has 3 aliphatic carbocycles. The van der Waals surface area contributed by atoms with Crippen molar-refractivity contribution in [2.75, 3.05) is 18.6 Å². The summed E-state index contributed by atoms with van der Waals surface area (Å²) in [4.78, 5) is 83.8. The lowest BCUT2D eigenvalue weighted by Gasteiger charge is -2.67. The molecule has 16 nitrogen and oxygen atoms in total. The summed E-state index contributed by atoms with van der Waals surface area (Å²) in [6.45, 7) is 15.3. The Labute approximate surface area is 375 Å². The fourth-order valence-corrected chi connectivity index (χ4v) is 10.8. The number of ether oxygens (including phenoxy) is 6. The van der Waals surface area contributed by atoms with Gasteiger partial charge in [0.1, 0.15) is 29.5 Å². The van der Waals surface area contributed by atoms with E-state index in [1.165, 1.54) is 53.6 Å². The summed E-state index contributed by atoms with van der Waals surface area (Å²) in [5.74, 6) is -5.81. The first-order valence-corrected chi connectivity index (χ1v) is 23.6. The van der Waals surface area contributed by atoms with Gasteiger partial charge < -0.3 is 49.1 Å². The Kier molecular flexibility index (Phi) is 15.0. The molecule has 18 heteroatoms. The van der Waals surface area contributed by atoms with Gasteiger partial charge in [0.15, 0.2) is 23.6 Å². The smallest absolute Gasteiger partial charge is 0.408 e. The number of Topliss-reactive ketones (excluding diaryl/α,β-unsaturated/α-hetero) is 1. The first-order chi connectivity index (χ1) is 29.2. The lowest BCUT2D eigenvalue weighted by atomic mass is 9.44. The van der Waals surface area contributed by atoms with Gasteiger partial charge >= 0.3 is 30.0 Å². The number of rotatable bonds is 13. The summed E-state index contributed by atoms with van der Waals surface area (Å²) < 4.78 is 36.0. The maximum absolute atomic E-state index is 15.7. The molecule has 1 aliphatic heterocycles. The van der Waals surface area contributed by atoms with E-state index in [1.807, 2.05) is 6.26 Å². The molecule has 11 atom stereocenters. The Morgan fingerprint density at radius 2 is 1.68 bits per heavy atom. The molecule has 1 aromatic rings. The molecular weight excluding hydrogens is 859 g/mol. The number of aliphatic hydroxyl groups is 3. The molecule has 5 rings (SSSR count). The third-order valence-corrected chi connectivity index (χ3v) is 14.5. The standard InChI is InChI=1S/C45H61NO15S2/c1-23(2)19-27(46-40(54)61-41(5,6)7)33(50)39(53)57-28-21-45(55)37(59-38(52)26-15-13-12-14-16-26)35-43(10,29(48)20-30-44(35,22-56-30)60-25(4)47)36(51)34(32(24(28)3)42(45,8)9)58-31(49)17-18-63-62-11/h12-16,19,27-30,33-35,37,48,50,55H,17-18,20-22H2,1-11H3,(H,46,54)/t27-,28-,29?,30+,33+,34+,35?,37-,43+,44-,45+/m0/s1. The number of esters is 4. The second kappa shape index (κ2) is 18.9. The van der Waals surface area contributed by atoms with Gasteiger partial charge in [0.2, 0.25) is 0 Å². The van der Waals surface area contributed by atoms with E-state index in [9.17, 15) is 39.3 Å². The number of amides is 1. The van der Waals surface area contributed by atoms with Gasteiger partial charge in [-0.15, -0.1) is 0 Å². The van der Waals surface area contributed by atoms with Gasteiger partial charge in [-0.05, 0) is 78.0 Å². The number of alkyl carbamates (subject to hydrolysis) is 1. The monoisotopic (exact) mass is 919 g/mol. The number of carbonyl (C=O) groups is 6. The number of carbonyl (C=O) groups excluding carboxylic acids is 6. The van der Waals surface area contributed by atoms with Crippen molar-refractivity contribution in [2.45, 2.75) is 148 Å². The zero-order chi connectivity index (χ0) is 47.0. The Balaban J connectivity index is 1.75. The summed E-state index contributed by atoms with van der Waals surface area (Å²) >= 11 is 0. The highest BCUT2D eigenvalue weighted by molar-refractivity contribution is 8.76. The largest absolute Gasteiger partial charge is 0.456 e. The number of ketones is 1. The van der Waals surface area contributed by atoms with Gasteiger partial charge in [0, 0.05) is 30.9 Å². The van der Waals surface area contributed by atoms with Crippen molar-refractivity contribution in [1.29, 1.82) is 0 Å². The molecule has 4 aliphatic rings. The van der Waals surface area contributed by atoms with Crippen molar-refractivity contribution in [3.8, 4) is 0 Å². The van der Waals surface area contributed by atoms with Crippen LogP contribution in [0.25, 0.3) is 0 Å². The molecule has 4 N–H and O–H groups in total. The first-order valence-electron chi connectivity index (χ1n) is 20.9. The highest BCUT2D eigenvalue weighted by Crippen LogP contribution is 2.64. The van der Waals surface area contributed by atoms with E-state index in [0.29, 0.717) is 11.3 Å². The molecule has 1 amide bonds. The van der Waals surface area contributed by atoms with Crippen LogP contribution in [0.3, 0.4) is 0 Å². The Bertz CT molecular complexity index is 2010. The Morgan fingerprint density at radius 1 is 1.03 bits per heavy atom. The van der Waals surface area contributed by atoms with Gasteiger partial charge in [-0.2, -0.15) is 0 Å². The van der Waals surface area contributed by atoms with E-state index in [4.69, 9.17) is 28.4 Å². The molecular formula is C45H61NO15S2. The quantitative estimate of drug-likeness (QED) is 0.0684. The summed E-state index contributed by atoms with van der Waals surface area (Å²) in [6, 6.07) is 6.51. The molecule has 0 aromatic heterocycles. The minimum absolute atomic E-state index is 0.00768. The predicted molar refractivity (Wildman–Crippen MR) is 232 cm³/mol. The minimum Gasteiger partial charge on any atom is -0.456 e. The maximum atomic E-state index is 15.7. The molecule has 63 heavy (non-hydrogen) atoms. The fraction of sp³-hybridized carbons (Fsp3) is 0.644. The van der Waals surface area contributed by atoms with Crippen LogP contribution >= 0.6 is 21.6 Å². The van der Waals surface area contributed by atoms with E-state index in [2.05, 4.69) is 5.32 Å². The zero-order valence-corrected chi connectivity index (χ0v) is 39.3. The van der Waals surface area contributed by atoms with E-state index in [0.717, 1.165) is 6.92 Å². The van der Waals surface area contributed by atoms with E-state index in [-0.39, 0.29) is 36.2 Å². The number of allylic oxidation sites excluding steroid dienone is 1. The molecule has 1 saturated heterocycles. The van der Waals surface area contributed by atoms with Crippen LogP contribution in [0, 0.1) is 16.7 Å². The molecule has 0 radical (unpaired) electrons. The van der Waals surface area contributed by atoms with Gasteiger partial charge in [0.05, 0.1) is 42.1 Å². The highest BCUT2D eigenvalue weighted by atomic mass is 33.1. The van der Waals surface area contributed by atoms with Crippen LogP contribution in [-0.2, 0) is 47.6 Å². The van der Waals surface area contributed by atoms with Crippen molar-refractivity contribution in [3.63, 3.8) is 0 Å². The number of hydrogen-bond donors (Lipinski definition) is 4. The molecule has 0 spiro atoms. The second-order valence-electron chi connectivity index (χ2n) is 18.7. The van der Waals surface area contributed by atoms with E-state index >= 15 is 4.79 Å². The topological polar surface area (TPSA) is 231 Å². The molecule has 2 saturated carbocycles. The maximum Gasteiger partial charge on any atom is 0.408 e. The molecule has 2 unspecified atom stereocenters. The zero-order valence-electron chi connectivity index (χ0n) is 37.7. The van der Waals surface area contributed by atoms with Crippen LogP contribution in [-0.4, -0.2) is 129 Å². The minimum atomic E-state index is -2.40. The highest BCUT2D eigenvalue weighted by Gasteiger charge is 2.78. The number of aliphatic hydroxyl groups excluding tert-OH is 2. The molecule has 348 valence electrons. The number of fused-ring (bicyclic) bond motifs is 5. The normalized spacial score (nSPS) is 31.8. The van der Waals surface area contributed by atoms with Crippen molar-refractivity contribution in [1.82, 2.24) is 5.32 Å². The van der Waals surface area contributed by atoms with E-state index in [1.54, 1.807) is 66.7 Å².